The predicted octanol–water partition coefficient (Wildman–Crippen LogP) is 1.02. The monoisotopic (exact) mass is 253 g/mol. The van der Waals surface area contributed by atoms with Crippen molar-refractivity contribution in [2.75, 3.05) is 13.6 Å². The molecule has 1 aliphatic heterocycles. The Morgan fingerprint density at radius 1 is 1.22 bits per heavy atom. The maximum Gasteiger partial charge on any atom is 0.236 e. The van der Waals surface area contributed by atoms with Gasteiger partial charge in [0.25, 0.3) is 0 Å². The molecule has 0 aromatic rings. The molecule has 2 rings (SSSR count). The van der Waals surface area contributed by atoms with E-state index < -0.39 is 0 Å². The van der Waals surface area contributed by atoms with Crippen molar-refractivity contribution in [2.45, 2.75) is 63.6 Å². The molecule has 2 aliphatic rings. The predicted molar refractivity (Wildman–Crippen MR) is 73.4 cm³/mol. The first-order chi connectivity index (χ1) is 8.72. The summed E-state index contributed by atoms with van der Waals surface area (Å²) in [7, 11) is 1.70. The van der Waals surface area contributed by atoms with Crippen LogP contribution >= 0.6 is 0 Å². The molecule has 0 spiro atoms. The third-order valence-electron chi connectivity index (χ3n) is 4.54. The molecule has 1 saturated heterocycles. The van der Waals surface area contributed by atoms with Crippen molar-refractivity contribution in [1.82, 2.24) is 16.0 Å². The SMILES string of the molecule is CNC(=O)C(C)NC1CCCC1C1CCCCN1. The van der Waals surface area contributed by atoms with Crippen LogP contribution in [0.3, 0.4) is 0 Å². The largest absolute Gasteiger partial charge is 0.358 e. The average Bonchev–Trinajstić information content (AvgIpc) is 2.86. The van der Waals surface area contributed by atoms with Crippen molar-refractivity contribution in [3.05, 3.63) is 0 Å². The van der Waals surface area contributed by atoms with Gasteiger partial charge in [0.2, 0.25) is 5.91 Å². The van der Waals surface area contributed by atoms with E-state index in [1.54, 1.807) is 7.05 Å². The molecule has 1 aliphatic carbocycles. The van der Waals surface area contributed by atoms with E-state index in [9.17, 15) is 4.79 Å². The molecule has 1 amide bonds. The van der Waals surface area contributed by atoms with Crippen LogP contribution in [0.1, 0.15) is 45.4 Å². The number of carbonyl (C=O) groups excluding carboxylic acids is 1. The molecule has 0 aromatic heterocycles. The third-order valence-corrected chi connectivity index (χ3v) is 4.54. The Hall–Kier alpha value is -0.610. The molecule has 2 fully saturated rings. The van der Waals surface area contributed by atoms with Crippen LogP contribution in [0.5, 0.6) is 0 Å². The normalized spacial score (nSPS) is 34.2. The van der Waals surface area contributed by atoms with E-state index in [4.69, 9.17) is 0 Å². The Labute approximate surface area is 110 Å². The lowest BCUT2D eigenvalue weighted by molar-refractivity contribution is -0.122. The molecule has 3 N–H and O–H groups in total. The number of nitrogens with one attached hydrogen (secondary N) is 3. The van der Waals surface area contributed by atoms with Gasteiger partial charge in [0.05, 0.1) is 6.04 Å². The summed E-state index contributed by atoms with van der Waals surface area (Å²) in [6, 6.07) is 1.09. The van der Waals surface area contributed by atoms with Crippen molar-refractivity contribution in [3.8, 4) is 0 Å². The molecular weight excluding hydrogens is 226 g/mol. The van der Waals surface area contributed by atoms with E-state index in [0.29, 0.717) is 18.0 Å². The molecule has 104 valence electrons. The van der Waals surface area contributed by atoms with Crippen molar-refractivity contribution in [1.29, 1.82) is 0 Å². The highest BCUT2D eigenvalue weighted by molar-refractivity contribution is 5.80. The minimum atomic E-state index is -0.0795. The second kappa shape index (κ2) is 6.53. The number of likely N-dealkylation sites (N-methyl/N-ethyl adjacent to an activating group) is 1. The zero-order valence-corrected chi connectivity index (χ0v) is 11.7. The van der Waals surface area contributed by atoms with Gasteiger partial charge >= 0.3 is 0 Å². The summed E-state index contributed by atoms with van der Waals surface area (Å²) in [6.07, 6.45) is 7.78. The van der Waals surface area contributed by atoms with Crippen LogP contribution in [0.2, 0.25) is 0 Å². The van der Waals surface area contributed by atoms with Crippen molar-refractivity contribution < 1.29 is 4.79 Å². The smallest absolute Gasteiger partial charge is 0.236 e. The second-order valence-corrected chi connectivity index (χ2v) is 5.76. The number of amides is 1. The van der Waals surface area contributed by atoms with Crippen molar-refractivity contribution >= 4 is 5.91 Å². The van der Waals surface area contributed by atoms with Crippen LogP contribution in [0.4, 0.5) is 0 Å². The Morgan fingerprint density at radius 2 is 2.06 bits per heavy atom. The molecule has 4 nitrogen and oxygen atoms in total. The van der Waals surface area contributed by atoms with Crippen LogP contribution < -0.4 is 16.0 Å². The van der Waals surface area contributed by atoms with Gasteiger partial charge < -0.3 is 16.0 Å². The van der Waals surface area contributed by atoms with Crippen LogP contribution in [-0.2, 0) is 4.79 Å². The summed E-state index contributed by atoms with van der Waals surface area (Å²) in [6.45, 7) is 3.13. The number of rotatable bonds is 4. The fourth-order valence-corrected chi connectivity index (χ4v) is 3.53. The number of hydrogen-bond acceptors (Lipinski definition) is 3. The molecule has 4 heteroatoms. The van der Waals surface area contributed by atoms with Gasteiger partial charge in [0.1, 0.15) is 0 Å². The lowest BCUT2D eigenvalue weighted by Crippen LogP contribution is -2.51. The Morgan fingerprint density at radius 3 is 2.72 bits per heavy atom. The molecule has 0 aromatic carbocycles. The topological polar surface area (TPSA) is 53.2 Å². The molecule has 18 heavy (non-hydrogen) atoms. The lowest BCUT2D eigenvalue weighted by atomic mass is 9.88. The Balaban J connectivity index is 1.88. The van der Waals surface area contributed by atoms with Gasteiger partial charge in [-0.25, -0.2) is 0 Å². The summed E-state index contributed by atoms with van der Waals surface area (Å²) < 4.78 is 0. The number of piperidine rings is 1. The highest BCUT2D eigenvalue weighted by Crippen LogP contribution is 2.31. The van der Waals surface area contributed by atoms with Crippen LogP contribution in [0, 0.1) is 5.92 Å². The maximum atomic E-state index is 11.6. The summed E-state index contributed by atoms with van der Waals surface area (Å²) >= 11 is 0. The first-order valence-electron chi connectivity index (χ1n) is 7.43. The minimum Gasteiger partial charge on any atom is -0.358 e. The molecule has 4 atom stereocenters. The quantitative estimate of drug-likeness (QED) is 0.701. The third kappa shape index (κ3) is 3.23. The molecular formula is C14H27N3O. The molecule has 1 heterocycles. The second-order valence-electron chi connectivity index (χ2n) is 5.76. The van der Waals surface area contributed by atoms with Crippen LogP contribution in [-0.4, -0.2) is 37.6 Å². The summed E-state index contributed by atoms with van der Waals surface area (Å²) in [4.78, 5) is 11.6. The van der Waals surface area contributed by atoms with Gasteiger partial charge in [-0.2, -0.15) is 0 Å². The summed E-state index contributed by atoms with van der Waals surface area (Å²) in [5, 5.41) is 9.91. The zero-order chi connectivity index (χ0) is 13.0. The van der Waals surface area contributed by atoms with Gasteiger partial charge in [-0.05, 0) is 45.1 Å². The highest BCUT2D eigenvalue weighted by Gasteiger charge is 2.35. The van der Waals surface area contributed by atoms with E-state index in [2.05, 4.69) is 16.0 Å². The zero-order valence-electron chi connectivity index (χ0n) is 11.7. The van der Waals surface area contributed by atoms with E-state index >= 15 is 0 Å². The van der Waals surface area contributed by atoms with Gasteiger partial charge in [0.15, 0.2) is 0 Å². The standard InChI is InChI=1S/C14H27N3O/c1-10(14(18)15-2)17-13-8-5-6-11(13)12-7-3-4-9-16-12/h10-13,16-17H,3-9H2,1-2H3,(H,15,18). The fourth-order valence-electron chi connectivity index (χ4n) is 3.53. The average molecular weight is 253 g/mol. The molecule has 0 radical (unpaired) electrons. The Bertz CT molecular complexity index is 276. The van der Waals surface area contributed by atoms with E-state index in [1.807, 2.05) is 6.92 Å². The van der Waals surface area contributed by atoms with E-state index in [0.717, 1.165) is 0 Å². The van der Waals surface area contributed by atoms with E-state index in [-0.39, 0.29) is 11.9 Å². The molecule has 1 saturated carbocycles. The number of carbonyl (C=O) groups is 1. The maximum absolute atomic E-state index is 11.6. The van der Waals surface area contributed by atoms with Gasteiger partial charge in [-0.1, -0.05) is 12.8 Å². The van der Waals surface area contributed by atoms with Gasteiger partial charge in [0, 0.05) is 19.1 Å². The summed E-state index contributed by atoms with van der Waals surface area (Å²) in [5.41, 5.74) is 0. The molecule has 4 unspecified atom stereocenters. The first kappa shape index (κ1) is 13.8. The van der Waals surface area contributed by atoms with Crippen LogP contribution in [0.25, 0.3) is 0 Å². The van der Waals surface area contributed by atoms with Crippen molar-refractivity contribution in [2.24, 2.45) is 5.92 Å². The number of hydrogen-bond donors (Lipinski definition) is 3. The van der Waals surface area contributed by atoms with Crippen molar-refractivity contribution in [3.63, 3.8) is 0 Å². The minimum absolute atomic E-state index is 0.0795. The van der Waals surface area contributed by atoms with Gasteiger partial charge in [-0.15, -0.1) is 0 Å². The molecule has 0 bridgehead atoms. The lowest BCUT2D eigenvalue weighted by Gasteiger charge is -2.34. The Kier molecular flexibility index (Phi) is 5.01. The fraction of sp³-hybridized carbons (Fsp3) is 0.929. The first-order valence-corrected chi connectivity index (χ1v) is 7.43. The highest BCUT2D eigenvalue weighted by atomic mass is 16.2. The van der Waals surface area contributed by atoms with Crippen LogP contribution in [0.15, 0.2) is 0 Å². The van der Waals surface area contributed by atoms with E-state index in [1.165, 1.54) is 45.1 Å². The summed E-state index contributed by atoms with van der Waals surface area (Å²) in [5.74, 6) is 0.801. The van der Waals surface area contributed by atoms with Gasteiger partial charge in [-0.3, -0.25) is 4.79 Å².